The van der Waals surface area contributed by atoms with E-state index < -0.39 is 5.97 Å². The topological polar surface area (TPSA) is 94.0 Å². The molecule has 96 valence electrons. The number of rotatable bonds is 5. The Morgan fingerprint density at radius 1 is 1.50 bits per heavy atom. The molecule has 0 amide bonds. The molecule has 0 saturated carbocycles. The second-order valence-corrected chi connectivity index (χ2v) is 4.61. The van der Waals surface area contributed by atoms with Crippen molar-refractivity contribution in [3.63, 3.8) is 0 Å². The fraction of sp³-hybridized carbons (Fsp3) is 0.400. The SMILES string of the molecule is Cc1cnc(Cn2c(C)nnc2SCC(=O)O)o1. The lowest BCUT2D eigenvalue weighted by Crippen LogP contribution is -2.06. The molecule has 0 atom stereocenters. The number of oxazole rings is 1. The van der Waals surface area contributed by atoms with Crippen molar-refractivity contribution >= 4 is 17.7 Å². The van der Waals surface area contributed by atoms with E-state index in [0.717, 1.165) is 17.5 Å². The molecule has 0 spiro atoms. The lowest BCUT2D eigenvalue weighted by atomic mass is 10.6. The molecule has 1 N–H and O–H groups in total. The molecule has 0 unspecified atom stereocenters. The van der Waals surface area contributed by atoms with Crippen LogP contribution in [-0.2, 0) is 11.3 Å². The molecule has 0 saturated heterocycles. The molecular weight excluding hydrogens is 256 g/mol. The number of carboxylic acids is 1. The third kappa shape index (κ3) is 2.89. The number of carboxylic acid groups (broad SMARTS) is 1. The molecule has 0 bridgehead atoms. The highest BCUT2D eigenvalue weighted by Crippen LogP contribution is 2.18. The van der Waals surface area contributed by atoms with Crippen LogP contribution in [0.15, 0.2) is 15.8 Å². The van der Waals surface area contributed by atoms with Crippen molar-refractivity contribution in [1.29, 1.82) is 0 Å². The van der Waals surface area contributed by atoms with Crippen LogP contribution in [0.25, 0.3) is 0 Å². The summed E-state index contributed by atoms with van der Waals surface area (Å²) < 4.78 is 7.16. The van der Waals surface area contributed by atoms with Gasteiger partial charge in [-0.3, -0.25) is 9.36 Å². The number of nitrogens with zero attached hydrogens (tertiary/aromatic N) is 4. The van der Waals surface area contributed by atoms with Gasteiger partial charge >= 0.3 is 5.97 Å². The Bertz CT molecular complexity index is 563. The van der Waals surface area contributed by atoms with E-state index >= 15 is 0 Å². The van der Waals surface area contributed by atoms with Gasteiger partial charge in [0.1, 0.15) is 18.1 Å². The molecule has 2 aromatic rings. The molecule has 7 nitrogen and oxygen atoms in total. The molecule has 18 heavy (non-hydrogen) atoms. The van der Waals surface area contributed by atoms with E-state index in [1.807, 2.05) is 6.92 Å². The number of carbonyl (C=O) groups is 1. The summed E-state index contributed by atoms with van der Waals surface area (Å²) in [5.41, 5.74) is 0. The lowest BCUT2D eigenvalue weighted by molar-refractivity contribution is -0.133. The number of thioether (sulfide) groups is 1. The van der Waals surface area contributed by atoms with Crippen LogP contribution in [-0.4, -0.2) is 36.6 Å². The maximum Gasteiger partial charge on any atom is 0.313 e. The summed E-state index contributed by atoms with van der Waals surface area (Å²) in [4.78, 5) is 14.6. The van der Waals surface area contributed by atoms with Gasteiger partial charge in [0, 0.05) is 0 Å². The van der Waals surface area contributed by atoms with E-state index in [1.165, 1.54) is 0 Å². The molecule has 0 fully saturated rings. The van der Waals surface area contributed by atoms with Crippen molar-refractivity contribution in [2.75, 3.05) is 5.75 Å². The summed E-state index contributed by atoms with van der Waals surface area (Å²) in [7, 11) is 0. The summed E-state index contributed by atoms with van der Waals surface area (Å²) in [6, 6.07) is 0. The third-order valence-electron chi connectivity index (χ3n) is 2.19. The van der Waals surface area contributed by atoms with Gasteiger partial charge in [0.05, 0.1) is 11.9 Å². The minimum absolute atomic E-state index is 0.0528. The first-order chi connectivity index (χ1) is 8.56. The minimum Gasteiger partial charge on any atom is -0.481 e. The Balaban J connectivity index is 2.16. The monoisotopic (exact) mass is 268 g/mol. The fourth-order valence-corrected chi connectivity index (χ4v) is 2.09. The van der Waals surface area contributed by atoms with Crippen LogP contribution in [0.5, 0.6) is 0 Å². The van der Waals surface area contributed by atoms with E-state index in [4.69, 9.17) is 9.52 Å². The molecule has 0 aromatic carbocycles. The number of hydrogen-bond donors (Lipinski definition) is 1. The molecule has 2 aromatic heterocycles. The summed E-state index contributed by atoms with van der Waals surface area (Å²) in [6.45, 7) is 4.01. The minimum atomic E-state index is -0.890. The number of aromatic nitrogens is 4. The Morgan fingerprint density at radius 2 is 2.28 bits per heavy atom. The van der Waals surface area contributed by atoms with Crippen LogP contribution in [0, 0.1) is 13.8 Å². The van der Waals surface area contributed by atoms with Crippen LogP contribution in [0.4, 0.5) is 0 Å². The van der Waals surface area contributed by atoms with Crippen LogP contribution in [0.2, 0.25) is 0 Å². The zero-order valence-corrected chi connectivity index (χ0v) is 10.8. The lowest BCUT2D eigenvalue weighted by Gasteiger charge is -2.04. The predicted octanol–water partition coefficient (Wildman–Crippen LogP) is 1.11. The Morgan fingerprint density at radius 3 is 2.89 bits per heavy atom. The standard InChI is InChI=1S/C10H12N4O3S/c1-6-3-11-8(17-6)4-14-7(2)12-13-10(14)18-5-9(15)16/h3H,4-5H2,1-2H3,(H,15,16). The Kier molecular flexibility index (Phi) is 3.66. The predicted molar refractivity (Wildman–Crippen MR) is 63.5 cm³/mol. The van der Waals surface area contributed by atoms with Gasteiger partial charge in [-0.25, -0.2) is 4.98 Å². The highest BCUT2D eigenvalue weighted by atomic mass is 32.2. The molecular formula is C10H12N4O3S. The molecule has 0 aliphatic rings. The summed E-state index contributed by atoms with van der Waals surface area (Å²) in [5.74, 6) is 1.03. The first-order valence-corrected chi connectivity index (χ1v) is 6.20. The van der Waals surface area contributed by atoms with Crippen molar-refractivity contribution < 1.29 is 14.3 Å². The van der Waals surface area contributed by atoms with E-state index in [9.17, 15) is 4.79 Å². The Hall–Kier alpha value is -1.83. The van der Waals surface area contributed by atoms with Crippen LogP contribution in [0.1, 0.15) is 17.5 Å². The van der Waals surface area contributed by atoms with Gasteiger partial charge in [0.15, 0.2) is 5.16 Å². The molecule has 2 rings (SSSR count). The maximum absolute atomic E-state index is 10.5. The largest absolute Gasteiger partial charge is 0.481 e. The van der Waals surface area contributed by atoms with Gasteiger partial charge in [-0.15, -0.1) is 10.2 Å². The van der Waals surface area contributed by atoms with Crippen LogP contribution >= 0.6 is 11.8 Å². The van der Waals surface area contributed by atoms with Crippen LogP contribution in [0.3, 0.4) is 0 Å². The smallest absolute Gasteiger partial charge is 0.313 e. The van der Waals surface area contributed by atoms with E-state index in [0.29, 0.717) is 23.4 Å². The quantitative estimate of drug-likeness (QED) is 0.811. The van der Waals surface area contributed by atoms with Gasteiger partial charge in [-0.05, 0) is 13.8 Å². The molecule has 0 aliphatic heterocycles. The van der Waals surface area contributed by atoms with E-state index in [-0.39, 0.29) is 5.75 Å². The van der Waals surface area contributed by atoms with Gasteiger partial charge in [-0.2, -0.15) is 0 Å². The maximum atomic E-state index is 10.5. The molecule has 2 heterocycles. The van der Waals surface area contributed by atoms with Gasteiger partial charge in [-0.1, -0.05) is 11.8 Å². The normalized spacial score (nSPS) is 10.8. The average Bonchev–Trinajstić information content (AvgIpc) is 2.85. The number of aliphatic carboxylic acids is 1. The van der Waals surface area contributed by atoms with Crippen molar-refractivity contribution in [3.8, 4) is 0 Å². The number of hydrogen-bond acceptors (Lipinski definition) is 6. The second kappa shape index (κ2) is 5.21. The first kappa shape index (κ1) is 12.6. The van der Waals surface area contributed by atoms with Gasteiger partial charge in [0.2, 0.25) is 5.89 Å². The zero-order valence-electron chi connectivity index (χ0n) is 9.95. The fourth-order valence-electron chi connectivity index (χ4n) is 1.39. The van der Waals surface area contributed by atoms with Crippen LogP contribution < -0.4 is 0 Å². The van der Waals surface area contributed by atoms with Crippen molar-refractivity contribution in [2.24, 2.45) is 0 Å². The van der Waals surface area contributed by atoms with E-state index in [1.54, 1.807) is 17.7 Å². The molecule has 0 radical (unpaired) electrons. The highest BCUT2D eigenvalue weighted by molar-refractivity contribution is 7.99. The van der Waals surface area contributed by atoms with Crippen molar-refractivity contribution in [2.45, 2.75) is 25.5 Å². The third-order valence-corrected chi connectivity index (χ3v) is 3.14. The summed E-state index contributed by atoms with van der Waals surface area (Å²) in [5, 5.41) is 17.1. The highest BCUT2D eigenvalue weighted by Gasteiger charge is 2.13. The average molecular weight is 268 g/mol. The van der Waals surface area contributed by atoms with Gasteiger partial charge in [0.25, 0.3) is 0 Å². The summed E-state index contributed by atoms with van der Waals surface area (Å²) in [6.07, 6.45) is 1.64. The van der Waals surface area contributed by atoms with Crippen molar-refractivity contribution in [1.82, 2.24) is 19.7 Å². The van der Waals surface area contributed by atoms with Crippen molar-refractivity contribution in [3.05, 3.63) is 23.7 Å². The molecule has 0 aliphatic carbocycles. The second-order valence-electron chi connectivity index (χ2n) is 3.66. The zero-order chi connectivity index (χ0) is 13.1. The molecule has 8 heteroatoms. The van der Waals surface area contributed by atoms with E-state index in [2.05, 4.69) is 15.2 Å². The first-order valence-electron chi connectivity index (χ1n) is 5.22. The van der Waals surface area contributed by atoms with Gasteiger partial charge < -0.3 is 9.52 Å². The Labute approximate surface area is 107 Å². The number of aryl methyl sites for hydroxylation is 2. The summed E-state index contributed by atoms with van der Waals surface area (Å²) >= 11 is 1.12.